The maximum Gasteiger partial charge on any atom is 0.338 e. The molecule has 0 radical (unpaired) electrons. The summed E-state index contributed by atoms with van der Waals surface area (Å²) in [7, 11) is 0. The van der Waals surface area contributed by atoms with Crippen LogP contribution in [0.5, 0.6) is 5.75 Å². The van der Waals surface area contributed by atoms with Crippen LogP contribution in [0.3, 0.4) is 0 Å². The van der Waals surface area contributed by atoms with E-state index in [2.05, 4.69) is 10.2 Å². The van der Waals surface area contributed by atoms with Gasteiger partial charge in [0.25, 0.3) is 5.91 Å². The molecule has 160 valence electrons. The van der Waals surface area contributed by atoms with Gasteiger partial charge in [0, 0.05) is 24.5 Å². The lowest BCUT2D eigenvalue weighted by molar-refractivity contribution is -0.118. The Hall–Kier alpha value is -3.06. The molecule has 1 heterocycles. The second kappa shape index (κ2) is 11.2. The first kappa shape index (κ1) is 21.6. The van der Waals surface area contributed by atoms with Crippen LogP contribution in [0.2, 0.25) is 0 Å². The van der Waals surface area contributed by atoms with Crippen molar-refractivity contribution in [1.29, 1.82) is 0 Å². The third kappa shape index (κ3) is 6.49. The standard InChI is InChI=1S/C23H28N2O5/c1-2-3-14-29-23(27)18-4-10-21(11-5-18)30-17-22(26)24-19-6-8-20(9-7-19)25-12-15-28-16-13-25/h4-11H,2-3,12-17H2,1H3,(H,24,26). The fourth-order valence-corrected chi connectivity index (χ4v) is 3.00. The summed E-state index contributed by atoms with van der Waals surface area (Å²) in [5.41, 5.74) is 2.29. The van der Waals surface area contributed by atoms with Gasteiger partial charge in [-0.1, -0.05) is 13.3 Å². The first-order chi connectivity index (χ1) is 14.7. The quantitative estimate of drug-likeness (QED) is 0.502. The predicted octanol–water partition coefficient (Wildman–Crippen LogP) is 3.50. The molecule has 0 aromatic heterocycles. The van der Waals surface area contributed by atoms with Crippen molar-refractivity contribution in [1.82, 2.24) is 0 Å². The Morgan fingerprint density at radius 2 is 1.73 bits per heavy atom. The molecule has 0 bridgehead atoms. The Morgan fingerprint density at radius 3 is 2.40 bits per heavy atom. The van der Waals surface area contributed by atoms with Gasteiger partial charge in [-0.15, -0.1) is 0 Å². The summed E-state index contributed by atoms with van der Waals surface area (Å²) >= 11 is 0. The lowest BCUT2D eigenvalue weighted by Gasteiger charge is -2.28. The van der Waals surface area contributed by atoms with Crippen LogP contribution >= 0.6 is 0 Å². The third-order valence-electron chi connectivity index (χ3n) is 4.72. The number of esters is 1. The van der Waals surface area contributed by atoms with Crippen LogP contribution in [0.15, 0.2) is 48.5 Å². The van der Waals surface area contributed by atoms with E-state index in [0.29, 0.717) is 23.6 Å². The van der Waals surface area contributed by atoms with Crippen molar-refractivity contribution >= 4 is 23.3 Å². The second-order valence-electron chi connectivity index (χ2n) is 7.00. The van der Waals surface area contributed by atoms with Gasteiger partial charge in [0.2, 0.25) is 0 Å². The van der Waals surface area contributed by atoms with Gasteiger partial charge in [-0.05, 0) is 55.0 Å². The Kier molecular flexibility index (Phi) is 8.09. The van der Waals surface area contributed by atoms with E-state index in [0.717, 1.165) is 44.8 Å². The van der Waals surface area contributed by atoms with Gasteiger partial charge in [-0.25, -0.2) is 4.79 Å². The Labute approximate surface area is 176 Å². The van der Waals surface area contributed by atoms with Crippen LogP contribution in [-0.4, -0.2) is 51.4 Å². The molecule has 0 atom stereocenters. The molecule has 0 spiro atoms. The van der Waals surface area contributed by atoms with E-state index in [4.69, 9.17) is 14.2 Å². The second-order valence-corrected chi connectivity index (χ2v) is 7.00. The molecule has 0 aliphatic carbocycles. The Balaban J connectivity index is 1.43. The molecule has 1 saturated heterocycles. The van der Waals surface area contributed by atoms with Crippen LogP contribution in [0, 0.1) is 0 Å². The SMILES string of the molecule is CCCCOC(=O)c1ccc(OCC(=O)Nc2ccc(N3CCOCC3)cc2)cc1. The molecule has 7 nitrogen and oxygen atoms in total. The summed E-state index contributed by atoms with van der Waals surface area (Å²) in [6, 6.07) is 14.3. The first-order valence-corrected chi connectivity index (χ1v) is 10.3. The largest absolute Gasteiger partial charge is 0.484 e. The Morgan fingerprint density at radius 1 is 1.03 bits per heavy atom. The number of carbonyl (C=O) groups excluding carboxylic acids is 2. The molecule has 1 amide bonds. The van der Waals surface area contributed by atoms with Crippen molar-refractivity contribution in [2.24, 2.45) is 0 Å². The van der Waals surface area contributed by atoms with Gasteiger partial charge in [-0.3, -0.25) is 4.79 Å². The number of unbranched alkanes of at least 4 members (excludes halogenated alkanes) is 1. The average molecular weight is 412 g/mol. The number of nitrogens with zero attached hydrogens (tertiary/aromatic N) is 1. The van der Waals surface area contributed by atoms with Gasteiger partial charge in [-0.2, -0.15) is 0 Å². The average Bonchev–Trinajstić information content (AvgIpc) is 2.79. The van der Waals surface area contributed by atoms with E-state index in [9.17, 15) is 9.59 Å². The van der Waals surface area contributed by atoms with Crippen molar-refractivity contribution < 1.29 is 23.8 Å². The maximum atomic E-state index is 12.2. The van der Waals surface area contributed by atoms with E-state index in [1.54, 1.807) is 24.3 Å². The number of ether oxygens (including phenoxy) is 3. The van der Waals surface area contributed by atoms with E-state index in [-0.39, 0.29) is 18.5 Å². The number of morpholine rings is 1. The van der Waals surface area contributed by atoms with E-state index in [1.807, 2.05) is 31.2 Å². The highest BCUT2D eigenvalue weighted by molar-refractivity contribution is 5.92. The number of nitrogens with one attached hydrogen (secondary N) is 1. The number of benzene rings is 2. The van der Waals surface area contributed by atoms with E-state index < -0.39 is 0 Å². The van der Waals surface area contributed by atoms with Crippen LogP contribution in [0.25, 0.3) is 0 Å². The summed E-state index contributed by atoms with van der Waals surface area (Å²) < 4.78 is 16.0. The lowest BCUT2D eigenvalue weighted by Crippen LogP contribution is -2.36. The molecule has 3 rings (SSSR count). The highest BCUT2D eigenvalue weighted by Gasteiger charge is 2.12. The zero-order chi connectivity index (χ0) is 21.2. The monoisotopic (exact) mass is 412 g/mol. The fraction of sp³-hybridized carbons (Fsp3) is 0.391. The van der Waals surface area contributed by atoms with Gasteiger partial charge in [0.15, 0.2) is 6.61 Å². The highest BCUT2D eigenvalue weighted by atomic mass is 16.5. The van der Waals surface area contributed by atoms with E-state index >= 15 is 0 Å². The summed E-state index contributed by atoms with van der Waals surface area (Å²) in [6.45, 7) is 5.54. The number of hydrogen-bond donors (Lipinski definition) is 1. The van der Waals surface area contributed by atoms with Crippen molar-refractivity contribution in [3.63, 3.8) is 0 Å². The molecule has 30 heavy (non-hydrogen) atoms. The zero-order valence-corrected chi connectivity index (χ0v) is 17.3. The molecular formula is C23H28N2O5. The highest BCUT2D eigenvalue weighted by Crippen LogP contribution is 2.19. The molecular weight excluding hydrogens is 384 g/mol. The fourth-order valence-electron chi connectivity index (χ4n) is 3.00. The Bertz CT molecular complexity index is 814. The van der Waals surface area contributed by atoms with Crippen LogP contribution in [0.4, 0.5) is 11.4 Å². The van der Waals surface area contributed by atoms with Crippen LogP contribution in [0.1, 0.15) is 30.1 Å². The van der Waals surface area contributed by atoms with E-state index in [1.165, 1.54) is 0 Å². The molecule has 1 N–H and O–H groups in total. The topological polar surface area (TPSA) is 77.1 Å². The smallest absolute Gasteiger partial charge is 0.338 e. The number of hydrogen-bond acceptors (Lipinski definition) is 6. The number of carbonyl (C=O) groups is 2. The van der Waals surface area contributed by atoms with Crippen molar-refractivity contribution in [3.8, 4) is 5.75 Å². The predicted molar refractivity (Wildman–Crippen MR) is 115 cm³/mol. The molecule has 1 aliphatic heterocycles. The molecule has 7 heteroatoms. The zero-order valence-electron chi connectivity index (χ0n) is 17.3. The summed E-state index contributed by atoms with van der Waals surface area (Å²) in [6.07, 6.45) is 1.82. The number of anilines is 2. The van der Waals surface area contributed by atoms with Gasteiger partial charge in [0.05, 0.1) is 25.4 Å². The molecule has 2 aromatic rings. The summed E-state index contributed by atoms with van der Waals surface area (Å²) in [5.74, 6) is -0.0941. The summed E-state index contributed by atoms with van der Waals surface area (Å²) in [5, 5.41) is 2.82. The third-order valence-corrected chi connectivity index (χ3v) is 4.72. The minimum absolute atomic E-state index is 0.120. The molecule has 0 unspecified atom stereocenters. The van der Waals surface area contributed by atoms with Gasteiger partial charge in [0.1, 0.15) is 5.75 Å². The number of rotatable bonds is 9. The first-order valence-electron chi connectivity index (χ1n) is 10.3. The lowest BCUT2D eigenvalue weighted by atomic mass is 10.2. The van der Waals surface area contributed by atoms with Crippen LogP contribution in [-0.2, 0) is 14.3 Å². The van der Waals surface area contributed by atoms with Gasteiger partial charge >= 0.3 is 5.97 Å². The minimum Gasteiger partial charge on any atom is -0.484 e. The number of amides is 1. The van der Waals surface area contributed by atoms with Crippen molar-refractivity contribution in [3.05, 3.63) is 54.1 Å². The molecule has 2 aromatic carbocycles. The van der Waals surface area contributed by atoms with Crippen molar-refractivity contribution in [2.45, 2.75) is 19.8 Å². The van der Waals surface area contributed by atoms with Crippen LogP contribution < -0.4 is 15.0 Å². The molecule has 1 aliphatic rings. The van der Waals surface area contributed by atoms with Crippen molar-refractivity contribution in [2.75, 3.05) is 49.7 Å². The molecule has 1 fully saturated rings. The normalized spacial score (nSPS) is 13.6. The maximum absolute atomic E-state index is 12.2. The van der Waals surface area contributed by atoms with Gasteiger partial charge < -0.3 is 24.4 Å². The summed E-state index contributed by atoms with van der Waals surface area (Å²) in [4.78, 5) is 26.3. The minimum atomic E-state index is -0.353. The molecule has 0 saturated carbocycles.